The van der Waals surface area contributed by atoms with E-state index in [-0.39, 0.29) is 6.61 Å². The molecule has 8 heavy (non-hydrogen) atoms. The first kappa shape index (κ1) is 7.78. The van der Waals surface area contributed by atoms with Crippen LogP contribution in [0.3, 0.4) is 0 Å². The average molecular weight is 136 g/mol. The van der Waals surface area contributed by atoms with E-state index in [2.05, 4.69) is 4.74 Å². The van der Waals surface area contributed by atoms with Gasteiger partial charge in [-0.1, -0.05) is 11.2 Å². The van der Waals surface area contributed by atoms with Gasteiger partial charge >= 0.3 is 0 Å². The van der Waals surface area contributed by atoms with Crippen molar-refractivity contribution in [2.24, 2.45) is 0 Å². The van der Waals surface area contributed by atoms with Gasteiger partial charge in [-0.2, -0.15) is 0 Å². The Morgan fingerprint density at radius 2 is 2.50 bits per heavy atom. The van der Waals surface area contributed by atoms with Crippen molar-refractivity contribution in [3.8, 4) is 0 Å². The van der Waals surface area contributed by atoms with Crippen LogP contribution in [0.1, 0.15) is 0 Å². The second kappa shape index (κ2) is 4.93. The normalized spacial score (nSPS) is 12.8. The molecule has 0 aliphatic heterocycles. The van der Waals surface area contributed by atoms with Gasteiger partial charge in [0.05, 0.1) is 6.26 Å². The zero-order valence-corrected chi connectivity index (χ0v) is 5.44. The molecule has 0 aliphatic rings. The molecule has 0 radical (unpaired) electrons. The Kier molecular flexibility index (Phi) is 4.79. The van der Waals surface area contributed by atoms with Crippen molar-refractivity contribution in [2.45, 2.75) is 0 Å². The molecule has 0 amide bonds. The summed E-state index contributed by atoms with van der Waals surface area (Å²) in [5, 5.41) is 0. The highest BCUT2D eigenvalue weighted by molar-refractivity contribution is 7.90. The molecule has 0 saturated carbocycles. The zero-order chi connectivity index (χ0) is 6.41. The van der Waals surface area contributed by atoms with Crippen molar-refractivity contribution in [2.75, 3.05) is 18.6 Å². The van der Waals surface area contributed by atoms with Gasteiger partial charge in [-0.15, -0.1) is 0 Å². The fourth-order valence-corrected chi connectivity index (χ4v) is 0.545. The summed E-state index contributed by atoms with van der Waals surface area (Å²) in [5.74, 6) is 0.429. The lowest BCUT2D eigenvalue weighted by Crippen LogP contribution is -2.09. The van der Waals surface area contributed by atoms with Gasteiger partial charge in [-0.3, -0.25) is 4.79 Å². The van der Waals surface area contributed by atoms with Crippen LogP contribution < -0.4 is 0 Å². The SMILES string of the molecule is C[S+]([O-])CCOC=O. The summed E-state index contributed by atoms with van der Waals surface area (Å²) in [6.45, 7) is 0.611. The quantitative estimate of drug-likeness (QED) is 0.298. The third-order valence-electron chi connectivity index (χ3n) is 0.557. The van der Waals surface area contributed by atoms with Crippen LogP contribution in [-0.4, -0.2) is 29.6 Å². The van der Waals surface area contributed by atoms with Crippen LogP contribution in [0.25, 0.3) is 0 Å². The maximum atomic E-state index is 10.2. The predicted octanol–water partition coefficient (Wildman–Crippen LogP) is -0.462. The fraction of sp³-hybridized carbons (Fsp3) is 0.750. The molecule has 0 aromatic carbocycles. The number of carbonyl (C=O) groups is 1. The lowest BCUT2D eigenvalue weighted by Gasteiger charge is -2.01. The second-order valence-corrected chi connectivity index (χ2v) is 2.80. The Balaban J connectivity index is 2.81. The van der Waals surface area contributed by atoms with Gasteiger partial charge in [-0.05, 0) is 0 Å². The molecule has 0 heterocycles. The van der Waals surface area contributed by atoms with E-state index >= 15 is 0 Å². The molecular formula is C4H8O3S. The van der Waals surface area contributed by atoms with Crippen molar-refractivity contribution < 1.29 is 14.1 Å². The summed E-state index contributed by atoms with van der Waals surface area (Å²) >= 11 is -0.851. The van der Waals surface area contributed by atoms with Gasteiger partial charge in [-0.25, -0.2) is 0 Å². The lowest BCUT2D eigenvalue weighted by atomic mass is 10.9. The number of hydrogen-bond acceptors (Lipinski definition) is 3. The molecule has 3 nitrogen and oxygen atoms in total. The second-order valence-electron chi connectivity index (χ2n) is 1.24. The topological polar surface area (TPSA) is 49.4 Å². The van der Waals surface area contributed by atoms with Gasteiger partial charge < -0.3 is 9.29 Å². The molecule has 0 N–H and O–H groups in total. The Hall–Kier alpha value is -0.220. The molecule has 0 aromatic heterocycles. The van der Waals surface area contributed by atoms with E-state index in [4.69, 9.17) is 0 Å². The third-order valence-corrected chi connectivity index (χ3v) is 1.30. The Labute approximate surface area is 51.2 Å². The van der Waals surface area contributed by atoms with Crippen molar-refractivity contribution in [1.29, 1.82) is 0 Å². The molecule has 0 spiro atoms. The van der Waals surface area contributed by atoms with Gasteiger partial charge in [0.25, 0.3) is 6.47 Å². The summed E-state index contributed by atoms with van der Waals surface area (Å²) in [6, 6.07) is 0. The molecule has 1 unspecified atom stereocenters. The molecule has 48 valence electrons. The van der Waals surface area contributed by atoms with E-state index in [0.29, 0.717) is 12.2 Å². The maximum absolute atomic E-state index is 10.2. The van der Waals surface area contributed by atoms with Crippen LogP contribution in [0, 0.1) is 0 Å². The van der Waals surface area contributed by atoms with E-state index in [1.165, 1.54) is 0 Å². The minimum atomic E-state index is -0.851. The first-order valence-electron chi connectivity index (χ1n) is 2.12. The molecule has 0 rings (SSSR count). The summed E-state index contributed by atoms with van der Waals surface area (Å²) in [5.41, 5.74) is 0. The van der Waals surface area contributed by atoms with Crippen LogP contribution in [0.5, 0.6) is 0 Å². The molecule has 0 fully saturated rings. The first-order valence-corrected chi connectivity index (χ1v) is 3.85. The van der Waals surface area contributed by atoms with Gasteiger partial charge in [0, 0.05) is 0 Å². The minimum absolute atomic E-state index is 0.257. The fourth-order valence-electron chi connectivity index (χ4n) is 0.214. The molecule has 0 aromatic rings. The van der Waals surface area contributed by atoms with Crippen molar-refractivity contribution in [1.82, 2.24) is 0 Å². The van der Waals surface area contributed by atoms with Crippen LogP contribution >= 0.6 is 0 Å². The van der Waals surface area contributed by atoms with Crippen LogP contribution in [0.4, 0.5) is 0 Å². The largest absolute Gasteiger partial charge is 0.616 e. The molecule has 1 atom stereocenters. The van der Waals surface area contributed by atoms with Gasteiger partial charge in [0.2, 0.25) is 0 Å². The first-order chi connectivity index (χ1) is 3.77. The highest BCUT2D eigenvalue weighted by Gasteiger charge is 1.93. The number of hydrogen-bond donors (Lipinski definition) is 0. The van der Waals surface area contributed by atoms with Crippen molar-refractivity contribution in [3.63, 3.8) is 0 Å². The molecule has 0 aliphatic carbocycles. The number of rotatable bonds is 4. The van der Waals surface area contributed by atoms with Crippen LogP contribution in [0.2, 0.25) is 0 Å². The summed E-state index contributed by atoms with van der Waals surface area (Å²) < 4.78 is 14.5. The highest BCUT2D eigenvalue weighted by Crippen LogP contribution is 1.80. The molecule has 0 bridgehead atoms. The van der Waals surface area contributed by atoms with Crippen LogP contribution in [-0.2, 0) is 20.7 Å². The minimum Gasteiger partial charge on any atom is -0.616 e. The van der Waals surface area contributed by atoms with E-state index in [1.54, 1.807) is 6.26 Å². The molecular weight excluding hydrogens is 128 g/mol. The third kappa shape index (κ3) is 5.78. The Morgan fingerprint density at radius 3 is 2.88 bits per heavy atom. The number of carbonyl (C=O) groups excluding carboxylic acids is 1. The van der Waals surface area contributed by atoms with Crippen molar-refractivity contribution >= 4 is 17.6 Å². The standard InChI is InChI=1S/C4H8O3S/c1-8(6)3-2-7-4-5/h4H,2-3H2,1H3. The van der Waals surface area contributed by atoms with Crippen molar-refractivity contribution in [3.05, 3.63) is 0 Å². The smallest absolute Gasteiger partial charge is 0.293 e. The van der Waals surface area contributed by atoms with E-state index in [0.717, 1.165) is 0 Å². The summed E-state index contributed by atoms with van der Waals surface area (Å²) in [4.78, 5) is 9.47. The van der Waals surface area contributed by atoms with Gasteiger partial charge in [0.15, 0.2) is 0 Å². The van der Waals surface area contributed by atoms with Gasteiger partial charge in [0.1, 0.15) is 12.4 Å². The van der Waals surface area contributed by atoms with E-state index in [1.807, 2.05) is 0 Å². The van der Waals surface area contributed by atoms with E-state index in [9.17, 15) is 9.35 Å². The molecule has 4 heteroatoms. The predicted molar refractivity (Wildman–Crippen MR) is 30.9 cm³/mol. The van der Waals surface area contributed by atoms with E-state index < -0.39 is 11.2 Å². The average Bonchev–Trinajstić information content (AvgIpc) is 1.66. The Morgan fingerprint density at radius 1 is 1.88 bits per heavy atom. The lowest BCUT2D eigenvalue weighted by molar-refractivity contribution is -0.128. The highest BCUT2D eigenvalue weighted by atomic mass is 32.2. The maximum Gasteiger partial charge on any atom is 0.293 e. The monoisotopic (exact) mass is 136 g/mol. The van der Waals surface area contributed by atoms with Crippen LogP contribution in [0.15, 0.2) is 0 Å². The summed E-state index contributed by atoms with van der Waals surface area (Å²) in [7, 11) is 0. The number of ether oxygens (including phenoxy) is 1. The summed E-state index contributed by atoms with van der Waals surface area (Å²) in [6.07, 6.45) is 1.56. The Bertz CT molecular complexity index is 64.3. The zero-order valence-electron chi connectivity index (χ0n) is 4.62. The molecule has 0 saturated heterocycles.